The Morgan fingerprint density at radius 3 is 2.68 bits per heavy atom. The van der Waals surface area contributed by atoms with Crippen LogP contribution in [0.2, 0.25) is 0 Å². The largest absolute Gasteiger partial charge is 0.336 e. The molecule has 0 aliphatic carbocycles. The van der Waals surface area contributed by atoms with Gasteiger partial charge in [0.2, 0.25) is 0 Å². The molecule has 1 aliphatic heterocycles. The predicted octanol–water partition coefficient (Wildman–Crippen LogP) is 2.22. The van der Waals surface area contributed by atoms with Crippen molar-refractivity contribution in [2.24, 2.45) is 0 Å². The van der Waals surface area contributed by atoms with Crippen LogP contribution in [-0.4, -0.2) is 51.1 Å². The number of amides is 2. The lowest BCUT2D eigenvalue weighted by Crippen LogP contribution is -2.48. The molecule has 124 valence electrons. The maximum absolute atomic E-state index is 12.3. The van der Waals surface area contributed by atoms with E-state index in [0.717, 1.165) is 25.5 Å². The van der Waals surface area contributed by atoms with Crippen LogP contribution in [0.5, 0.6) is 0 Å². The maximum atomic E-state index is 12.3. The van der Waals surface area contributed by atoms with E-state index < -0.39 is 0 Å². The summed E-state index contributed by atoms with van der Waals surface area (Å²) in [5, 5.41) is 2.97. The summed E-state index contributed by atoms with van der Waals surface area (Å²) >= 11 is 0. The van der Waals surface area contributed by atoms with Gasteiger partial charge in [0.15, 0.2) is 0 Å². The van der Waals surface area contributed by atoms with Gasteiger partial charge in [0.05, 0.1) is 11.7 Å². The van der Waals surface area contributed by atoms with Crippen LogP contribution < -0.4 is 5.32 Å². The number of carbonyl (C=O) groups excluding carboxylic acids is 1. The second-order valence-electron chi connectivity index (χ2n) is 6.74. The number of nitrogens with zero attached hydrogens (tertiary/aromatic N) is 4. The fourth-order valence-corrected chi connectivity index (χ4v) is 2.73. The molecule has 0 spiro atoms. The molecule has 0 saturated carbocycles. The predicted molar refractivity (Wildman–Crippen MR) is 87.6 cm³/mol. The third-order valence-corrected chi connectivity index (χ3v) is 4.34. The summed E-state index contributed by atoms with van der Waals surface area (Å²) in [5.41, 5.74) is 1.22. The van der Waals surface area contributed by atoms with Crippen LogP contribution in [0.1, 0.15) is 52.2 Å². The number of carbonyl (C=O) groups is 1. The number of nitrogens with one attached hydrogen (secondary N) is 1. The zero-order valence-corrected chi connectivity index (χ0v) is 14.6. The van der Waals surface area contributed by atoms with Crippen molar-refractivity contribution in [1.82, 2.24) is 24.7 Å². The van der Waals surface area contributed by atoms with Crippen LogP contribution in [0.25, 0.3) is 0 Å². The molecule has 2 amide bonds. The van der Waals surface area contributed by atoms with Gasteiger partial charge in [-0.05, 0) is 41.7 Å². The molecule has 0 radical (unpaired) electrons. The molecule has 0 bridgehead atoms. The monoisotopic (exact) mass is 307 g/mol. The lowest BCUT2D eigenvalue weighted by atomic mass is 10.2. The van der Waals surface area contributed by atoms with Gasteiger partial charge >= 0.3 is 6.03 Å². The van der Waals surface area contributed by atoms with Gasteiger partial charge in [-0.25, -0.2) is 9.78 Å². The van der Waals surface area contributed by atoms with Gasteiger partial charge in [-0.15, -0.1) is 0 Å². The summed E-state index contributed by atoms with van der Waals surface area (Å²) in [6, 6.07) is 0.653. The number of hydrogen-bond acceptors (Lipinski definition) is 3. The molecule has 6 nitrogen and oxygen atoms in total. The summed E-state index contributed by atoms with van der Waals surface area (Å²) < 4.78 is 2.27. The highest BCUT2D eigenvalue weighted by atomic mass is 16.2. The van der Waals surface area contributed by atoms with Crippen molar-refractivity contribution in [2.45, 2.75) is 65.8 Å². The van der Waals surface area contributed by atoms with E-state index in [0.29, 0.717) is 6.04 Å². The SMILES string of the molecule is CC(C)NC(=O)N1CCn2c(CN(C)C(C)C)cnc2[C@H]1C. The first-order chi connectivity index (χ1) is 10.3. The van der Waals surface area contributed by atoms with E-state index >= 15 is 0 Å². The number of aromatic nitrogens is 2. The number of urea groups is 1. The number of hydrogen-bond donors (Lipinski definition) is 1. The molecule has 2 heterocycles. The van der Waals surface area contributed by atoms with E-state index in [4.69, 9.17) is 0 Å². The first kappa shape index (κ1) is 16.8. The molecule has 0 saturated heterocycles. The zero-order chi connectivity index (χ0) is 16.4. The van der Waals surface area contributed by atoms with Crippen molar-refractivity contribution >= 4 is 6.03 Å². The van der Waals surface area contributed by atoms with Gasteiger partial charge < -0.3 is 14.8 Å². The third-order valence-electron chi connectivity index (χ3n) is 4.34. The van der Waals surface area contributed by atoms with Crippen LogP contribution in [0.15, 0.2) is 6.20 Å². The highest BCUT2D eigenvalue weighted by Crippen LogP contribution is 2.25. The molecule has 1 N–H and O–H groups in total. The van der Waals surface area contributed by atoms with Gasteiger partial charge in [0, 0.05) is 37.9 Å². The van der Waals surface area contributed by atoms with E-state index in [1.165, 1.54) is 5.69 Å². The molecule has 1 aliphatic rings. The Morgan fingerprint density at radius 1 is 1.41 bits per heavy atom. The minimum atomic E-state index is -0.00222. The fraction of sp³-hybridized carbons (Fsp3) is 0.750. The summed E-state index contributed by atoms with van der Waals surface area (Å²) in [6.07, 6.45) is 1.95. The minimum Gasteiger partial charge on any atom is -0.336 e. The molecule has 1 aromatic heterocycles. The molecule has 2 rings (SSSR count). The number of imidazole rings is 1. The lowest BCUT2D eigenvalue weighted by molar-refractivity contribution is 0.156. The Hall–Kier alpha value is -1.56. The highest BCUT2D eigenvalue weighted by molar-refractivity contribution is 5.75. The summed E-state index contributed by atoms with van der Waals surface area (Å²) in [6.45, 7) is 12.8. The van der Waals surface area contributed by atoms with Crippen LogP contribution in [0.3, 0.4) is 0 Å². The van der Waals surface area contributed by atoms with Gasteiger partial charge in [-0.2, -0.15) is 0 Å². The highest BCUT2D eigenvalue weighted by Gasteiger charge is 2.30. The van der Waals surface area contributed by atoms with Crippen LogP contribution >= 0.6 is 0 Å². The summed E-state index contributed by atoms with van der Waals surface area (Å²) in [4.78, 5) is 21.0. The zero-order valence-electron chi connectivity index (χ0n) is 14.6. The van der Waals surface area contributed by atoms with Crippen LogP contribution in [0, 0.1) is 0 Å². The standard InChI is InChI=1S/C16H29N5O/c1-11(2)18-16(22)20-7-8-21-14(10-19(6)12(3)4)9-17-15(21)13(20)5/h9,11-13H,7-8,10H2,1-6H3,(H,18,22)/t13-/m1/s1. The second kappa shape index (κ2) is 6.69. The maximum Gasteiger partial charge on any atom is 0.318 e. The third kappa shape index (κ3) is 3.43. The van der Waals surface area contributed by atoms with E-state index in [-0.39, 0.29) is 18.1 Å². The molecule has 6 heteroatoms. The van der Waals surface area contributed by atoms with E-state index in [1.54, 1.807) is 0 Å². The Balaban J connectivity index is 2.14. The lowest BCUT2D eigenvalue weighted by Gasteiger charge is -2.35. The van der Waals surface area contributed by atoms with Crippen molar-refractivity contribution in [3.8, 4) is 0 Å². The summed E-state index contributed by atoms with van der Waals surface area (Å²) in [5.74, 6) is 0.984. The topological polar surface area (TPSA) is 53.4 Å². The average molecular weight is 307 g/mol. The van der Waals surface area contributed by atoms with E-state index in [9.17, 15) is 4.79 Å². The average Bonchev–Trinajstić information content (AvgIpc) is 2.82. The van der Waals surface area contributed by atoms with Gasteiger partial charge in [0.1, 0.15) is 5.82 Å². The molecular weight excluding hydrogens is 278 g/mol. The van der Waals surface area contributed by atoms with Crippen LogP contribution in [0.4, 0.5) is 4.79 Å². The Morgan fingerprint density at radius 2 is 2.09 bits per heavy atom. The van der Waals surface area contributed by atoms with Crippen molar-refractivity contribution in [3.05, 3.63) is 17.7 Å². The minimum absolute atomic E-state index is 0.00222. The van der Waals surface area contributed by atoms with Gasteiger partial charge in [-0.3, -0.25) is 4.90 Å². The molecule has 1 atom stereocenters. The van der Waals surface area contributed by atoms with E-state index in [1.807, 2.05) is 31.9 Å². The Kier molecular flexibility index (Phi) is 5.11. The molecular formula is C16H29N5O. The Labute approximate surface area is 133 Å². The van der Waals surface area contributed by atoms with Gasteiger partial charge in [-0.1, -0.05) is 0 Å². The summed E-state index contributed by atoms with van der Waals surface area (Å²) in [7, 11) is 2.12. The quantitative estimate of drug-likeness (QED) is 0.928. The first-order valence-electron chi connectivity index (χ1n) is 8.13. The van der Waals surface area contributed by atoms with Gasteiger partial charge in [0.25, 0.3) is 0 Å². The molecule has 0 fully saturated rings. The normalized spacial score (nSPS) is 18.2. The van der Waals surface area contributed by atoms with E-state index in [2.05, 4.69) is 40.7 Å². The van der Waals surface area contributed by atoms with Crippen molar-refractivity contribution in [3.63, 3.8) is 0 Å². The molecule has 1 aromatic rings. The fourth-order valence-electron chi connectivity index (χ4n) is 2.73. The first-order valence-corrected chi connectivity index (χ1v) is 8.13. The van der Waals surface area contributed by atoms with Crippen molar-refractivity contribution < 1.29 is 4.79 Å². The van der Waals surface area contributed by atoms with Crippen molar-refractivity contribution in [2.75, 3.05) is 13.6 Å². The molecule has 0 aromatic carbocycles. The van der Waals surface area contributed by atoms with Crippen LogP contribution in [-0.2, 0) is 13.1 Å². The smallest absolute Gasteiger partial charge is 0.318 e. The van der Waals surface area contributed by atoms with Crippen molar-refractivity contribution in [1.29, 1.82) is 0 Å². The number of rotatable bonds is 4. The second-order valence-corrected chi connectivity index (χ2v) is 6.74. The number of fused-ring (bicyclic) bond motifs is 1. The molecule has 22 heavy (non-hydrogen) atoms. The molecule has 0 unspecified atom stereocenters. The Bertz CT molecular complexity index is 523.